The van der Waals surface area contributed by atoms with Crippen LogP contribution >= 0.6 is 0 Å². The normalized spacial score (nSPS) is 23.2. The molecule has 25 heavy (non-hydrogen) atoms. The van der Waals surface area contributed by atoms with Crippen LogP contribution in [-0.4, -0.2) is 44.5 Å². The summed E-state index contributed by atoms with van der Waals surface area (Å²) in [5, 5.41) is 30.4. The lowest BCUT2D eigenvalue weighted by molar-refractivity contribution is -0.143. The summed E-state index contributed by atoms with van der Waals surface area (Å²) in [4.78, 5) is 19.6. The summed E-state index contributed by atoms with van der Waals surface area (Å²) in [6.45, 7) is 0. The van der Waals surface area contributed by atoms with Crippen LogP contribution in [0.15, 0.2) is 24.4 Å². The number of aliphatic hydroxyl groups excluding tert-OH is 2. The first-order chi connectivity index (χ1) is 12.0. The van der Waals surface area contributed by atoms with Crippen LogP contribution in [0.25, 0.3) is 11.0 Å². The summed E-state index contributed by atoms with van der Waals surface area (Å²) < 4.78 is 5.09. The van der Waals surface area contributed by atoms with E-state index in [1.165, 1.54) is 13.3 Å². The van der Waals surface area contributed by atoms with Gasteiger partial charge in [-0.05, 0) is 37.7 Å². The summed E-state index contributed by atoms with van der Waals surface area (Å²) >= 11 is 0. The Hall–Kier alpha value is -2.25. The Morgan fingerprint density at radius 2 is 1.96 bits per heavy atom. The lowest BCUT2D eigenvalue weighted by Crippen LogP contribution is -2.32. The third-order valence-corrected chi connectivity index (χ3v) is 5.04. The molecule has 0 amide bonds. The van der Waals surface area contributed by atoms with Gasteiger partial charge in [-0.1, -0.05) is 12.1 Å². The van der Waals surface area contributed by atoms with Crippen molar-refractivity contribution in [3.63, 3.8) is 0 Å². The number of aromatic nitrogens is 2. The van der Waals surface area contributed by atoms with E-state index in [0.29, 0.717) is 48.2 Å². The summed E-state index contributed by atoms with van der Waals surface area (Å²) in [6, 6.07) is 5.26. The van der Waals surface area contributed by atoms with Gasteiger partial charge in [-0.25, -0.2) is 9.97 Å². The molecule has 0 saturated heterocycles. The molecule has 3 rings (SSSR count). The maximum Gasteiger partial charge on any atom is 0.306 e. The molecule has 1 aromatic heterocycles. The van der Waals surface area contributed by atoms with Crippen LogP contribution in [0.3, 0.4) is 0 Å². The molecule has 0 bridgehead atoms. The first-order valence-corrected chi connectivity index (χ1v) is 8.40. The molecule has 1 aliphatic rings. The predicted octanol–water partition coefficient (Wildman–Crippen LogP) is 1.92. The van der Waals surface area contributed by atoms with Crippen LogP contribution in [0.1, 0.15) is 37.4 Å². The SMILES string of the molecule is COc1cnc2cccc([C@@H](O)[C@H](O)[C@H]3CC[C@H](C(=O)O)CC3)c2n1. The Labute approximate surface area is 145 Å². The van der Waals surface area contributed by atoms with E-state index in [1.807, 2.05) is 0 Å². The molecule has 7 nitrogen and oxygen atoms in total. The highest BCUT2D eigenvalue weighted by Crippen LogP contribution is 2.36. The largest absolute Gasteiger partial charge is 0.481 e. The second-order valence-corrected chi connectivity index (χ2v) is 6.51. The number of carboxylic acids is 1. The Morgan fingerprint density at radius 1 is 1.24 bits per heavy atom. The lowest BCUT2D eigenvalue weighted by atomic mass is 9.77. The minimum absolute atomic E-state index is 0.139. The van der Waals surface area contributed by atoms with Crippen molar-refractivity contribution in [1.29, 1.82) is 0 Å². The first kappa shape index (κ1) is 17.6. The highest BCUT2D eigenvalue weighted by Gasteiger charge is 2.34. The number of rotatable bonds is 5. The molecular weight excluding hydrogens is 324 g/mol. The van der Waals surface area contributed by atoms with Crippen molar-refractivity contribution in [3.8, 4) is 5.88 Å². The zero-order valence-corrected chi connectivity index (χ0v) is 14.0. The molecule has 3 N–H and O–H groups in total. The number of benzene rings is 1. The molecule has 0 aliphatic heterocycles. The molecule has 1 heterocycles. The van der Waals surface area contributed by atoms with E-state index in [0.717, 1.165) is 0 Å². The lowest BCUT2D eigenvalue weighted by Gasteiger charge is -2.32. The van der Waals surface area contributed by atoms with Crippen LogP contribution in [0.4, 0.5) is 0 Å². The van der Waals surface area contributed by atoms with Gasteiger partial charge in [-0.2, -0.15) is 0 Å². The summed E-state index contributed by atoms with van der Waals surface area (Å²) in [5.41, 5.74) is 1.60. The zero-order valence-electron chi connectivity index (χ0n) is 14.0. The number of hydrogen-bond acceptors (Lipinski definition) is 6. The van der Waals surface area contributed by atoms with Crippen LogP contribution in [0.5, 0.6) is 5.88 Å². The van der Waals surface area contributed by atoms with Gasteiger partial charge < -0.3 is 20.1 Å². The number of carbonyl (C=O) groups is 1. The fourth-order valence-corrected chi connectivity index (χ4v) is 3.52. The van der Waals surface area contributed by atoms with Gasteiger partial charge in [0.1, 0.15) is 6.10 Å². The van der Waals surface area contributed by atoms with E-state index in [1.54, 1.807) is 18.2 Å². The van der Waals surface area contributed by atoms with E-state index >= 15 is 0 Å². The van der Waals surface area contributed by atoms with Crippen molar-refractivity contribution >= 4 is 17.0 Å². The zero-order chi connectivity index (χ0) is 18.0. The van der Waals surface area contributed by atoms with Crippen LogP contribution < -0.4 is 4.74 Å². The average Bonchev–Trinajstić information content (AvgIpc) is 2.66. The molecule has 134 valence electrons. The topological polar surface area (TPSA) is 113 Å². The Morgan fingerprint density at radius 3 is 2.60 bits per heavy atom. The van der Waals surface area contributed by atoms with Gasteiger partial charge in [-0.15, -0.1) is 0 Å². The second kappa shape index (κ2) is 7.33. The molecule has 0 spiro atoms. The van der Waals surface area contributed by atoms with Crippen LogP contribution in [0.2, 0.25) is 0 Å². The maximum atomic E-state index is 11.1. The van der Waals surface area contributed by atoms with Crippen LogP contribution in [0, 0.1) is 11.8 Å². The molecule has 2 aromatic rings. The molecule has 1 fully saturated rings. The van der Waals surface area contributed by atoms with Crippen molar-refractivity contribution < 1.29 is 24.9 Å². The van der Waals surface area contributed by atoms with Gasteiger partial charge in [0.05, 0.1) is 36.4 Å². The Bertz CT molecular complexity index is 758. The molecular formula is C18H22N2O5. The minimum Gasteiger partial charge on any atom is -0.481 e. The molecule has 2 atom stereocenters. The highest BCUT2D eigenvalue weighted by atomic mass is 16.5. The Kier molecular flexibility index (Phi) is 5.15. The maximum absolute atomic E-state index is 11.1. The number of para-hydroxylation sites is 1. The quantitative estimate of drug-likeness (QED) is 0.758. The van der Waals surface area contributed by atoms with Crippen molar-refractivity contribution in [2.45, 2.75) is 37.9 Å². The number of hydrogen-bond donors (Lipinski definition) is 3. The summed E-state index contributed by atoms with van der Waals surface area (Å²) in [5.74, 6) is -0.943. The standard InChI is InChI=1S/C18H22N2O5/c1-25-14-9-19-13-4-2-3-12(15(13)20-14)17(22)16(21)10-5-7-11(8-6-10)18(23)24/h2-4,9-11,16-17,21-22H,5-8H2,1H3,(H,23,24)/t10-,11-,16-,17-/m1/s1. The smallest absolute Gasteiger partial charge is 0.306 e. The number of aliphatic hydroxyl groups is 2. The number of aliphatic carboxylic acids is 1. The third kappa shape index (κ3) is 3.57. The Balaban J connectivity index is 1.82. The average molecular weight is 346 g/mol. The predicted molar refractivity (Wildman–Crippen MR) is 90.1 cm³/mol. The van der Waals surface area contributed by atoms with E-state index in [4.69, 9.17) is 9.84 Å². The monoisotopic (exact) mass is 346 g/mol. The third-order valence-electron chi connectivity index (χ3n) is 5.04. The van der Waals surface area contributed by atoms with Crippen molar-refractivity contribution in [2.24, 2.45) is 11.8 Å². The number of nitrogens with zero attached hydrogens (tertiary/aromatic N) is 2. The number of methoxy groups -OCH3 is 1. The number of fused-ring (bicyclic) bond motifs is 1. The van der Waals surface area contributed by atoms with Crippen molar-refractivity contribution in [1.82, 2.24) is 9.97 Å². The van der Waals surface area contributed by atoms with Gasteiger partial charge in [0.2, 0.25) is 5.88 Å². The fourth-order valence-electron chi connectivity index (χ4n) is 3.52. The molecule has 1 saturated carbocycles. The van der Waals surface area contributed by atoms with E-state index < -0.39 is 18.2 Å². The number of carboxylic acid groups (broad SMARTS) is 1. The molecule has 1 aliphatic carbocycles. The molecule has 0 radical (unpaired) electrons. The summed E-state index contributed by atoms with van der Waals surface area (Å²) in [6.07, 6.45) is 1.61. The van der Waals surface area contributed by atoms with Gasteiger partial charge in [0.15, 0.2) is 0 Å². The highest BCUT2D eigenvalue weighted by molar-refractivity contribution is 5.78. The number of ether oxygens (including phenoxy) is 1. The van der Waals surface area contributed by atoms with Crippen molar-refractivity contribution in [3.05, 3.63) is 30.0 Å². The molecule has 1 aromatic carbocycles. The summed E-state index contributed by atoms with van der Waals surface area (Å²) in [7, 11) is 1.49. The van der Waals surface area contributed by atoms with Gasteiger partial charge in [-0.3, -0.25) is 4.79 Å². The van der Waals surface area contributed by atoms with E-state index in [9.17, 15) is 15.0 Å². The fraction of sp³-hybridized carbons (Fsp3) is 0.500. The van der Waals surface area contributed by atoms with Crippen molar-refractivity contribution in [2.75, 3.05) is 7.11 Å². The molecule has 0 unspecified atom stereocenters. The van der Waals surface area contributed by atoms with Gasteiger partial charge in [0, 0.05) is 5.56 Å². The van der Waals surface area contributed by atoms with Gasteiger partial charge in [0.25, 0.3) is 0 Å². The van der Waals surface area contributed by atoms with Crippen LogP contribution in [-0.2, 0) is 4.79 Å². The molecule has 7 heteroatoms. The first-order valence-electron chi connectivity index (χ1n) is 8.40. The van der Waals surface area contributed by atoms with Gasteiger partial charge >= 0.3 is 5.97 Å². The van der Waals surface area contributed by atoms with E-state index in [2.05, 4.69) is 9.97 Å². The van der Waals surface area contributed by atoms with E-state index in [-0.39, 0.29) is 11.8 Å². The second-order valence-electron chi connectivity index (χ2n) is 6.51. The minimum atomic E-state index is -1.11.